The van der Waals surface area contributed by atoms with Gasteiger partial charge in [-0.1, -0.05) is 13.8 Å². The lowest BCUT2D eigenvalue weighted by Gasteiger charge is -2.19. The van der Waals surface area contributed by atoms with Gasteiger partial charge in [0.25, 0.3) is 0 Å². The molecule has 0 bridgehead atoms. The van der Waals surface area contributed by atoms with E-state index in [1.54, 1.807) is 12.1 Å². The van der Waals surface area contributed by atoms with Crippen LogP contribution in [0.1, 0.15) is 49.2 Å². The Labute approximate surface area is 118 Å². The van der Waals surface area contributed by atoms with Crippen LogP contribution in [0.4, 0.5) is 5.82 Å². The van der Waals surface area contributed by atoms with Crippen molar-refractivity contribution in [1.29, 1.82) is 0 Å². The van der Waals surface area contributed by atoms with Gasteiger partial charge in [0, 0.05) is 12.0 Å². The molecule has 1 aromatic rings. The molecule has 1 aliphatic carbocycles. The molecule has 0 saturated carbocycles. The van der Waals surface area contributed by atoms with Crippen molar-refractivity contribution in [2.45, 2.75) is 45.6 Å². The van der Waals surface area contributed by atoms with Crippen molar-refractivity contribution in [3.05, 3.63) is 23.4 Å². The van der Waals surface area contributed by atoms with E-state index >= 15 is 0 Å². The molecule has 0 amide bonds. The predicted molar refractivity (Wildman–Crippen MR) is 76.0 cm³/mol. The number of aromatic nitrogens is 1. The molecule has 0 aliphatic heterocycles. The first-order valence-corrected chi connectivity index (χ1v) is 7.00. The number of aryl methyl sites for hydroxylation is 1. The quantitative estimate of drug-likeness (QED) is 0.863. The zero-order chi connectivity index (χ0) is 14.7. The van der Waals surface area contributed by atoms with Gasteiger partial charge in [0.05, 0.1) is 5.69 Å². The van der Waals surface area contributed by atoms with Crippen LogP contribution in [0.15, 0.2) is 12.1 Å². The summed E-state index contributed by atoms with van der Waals surface area (Å²) in [5.74, 6) is 0.0610. The summed E-state index contributed by atoms with van der Waals surface area (Å²) in [5.41, 5.74) is 1.46. The first-order chi connectivity index (χ1) is 9.47. The fourth-order valence-electron chi connectivity index (χ4n) is 2.45. The van der Waals surface area contributed by atoms with Crippen molar-refractivity contribution in [1.82, 2.24) is 4.98 Å². The maximum Gasteiger partial charge on any atom is 0.326 e. The van der Waals surface area contributed by atoms with Gasteiger partial charge in [0.1, 0.15) is 11.9 Å². The minimum Gasteiger partial charge on any atom is -0.480 e. The number of fused-ring (bicyclic) bond motifs is 1. The van der Waals surface area contributed by atoms with Crippen molar-refractivity contribution in [3.63, 3.8) is 0 Å². The highest BCUT2D eigenvalue weighted by Gasteiger charge is 2.22. The fourth-order valence-corrected chi connectivity index (χ4v) is 2.45. The summed E-state index contributed by atoms with van der Waals surface area (Å²) >= 11 is 0. The molecule has 0 spiro atoms. The number of anilines is 1. The number of rotatable bonds is 5. The van der Waals surface area contributed by atoms with Crippen LogP contribution in [0, 0.1) is 5.92 Å². The monoisotopic (exact) mass is 276 g/mol. The molecule has 108 valence electrons. The number of pyridine rings is 1. The van der Waals surface area contributed by atoms with Crippen LogP contribution in [0.2, 0.25) is 0 Å². The Morgan fingerprint density at radius 1 is 1.40 bits per heavy atom. The van der Waals surface area contributed by atoms with E-state index in [4.69, 9.17) is 0 Å². The number of carboxylic acid groups (broad SMARTS) is 1. The lowest BCUT2D eigenvalue weighted by atomic mass is 9.95. The first kappa shape index (κ1) is 14.5. The van der Waals surface area contributed by atoms with Crippen LogP contribution >= 0.6 is 0 Å². The van der Waals surface area contributed by atoms with Gasteiger partial charge >= 0.3 is 5.97 Å². The molecular formula is C15H20N2O3. The molecule has 1 unspecified atom stereocenters. The molecule has 5 nitrogen and oxygen atoms in total. The van der Waals surface area contributed by atoms with Crippen molar-refractivity contribution >= 4 is 17.6 Å². The molecular weight excluding hydrogens is 256 g/mol. The average Bonchev–Trinajstić information content (AvgIpc) is 2.37. The Bertz CT molecular complexity index is 526. The van der Waals surface area contributed by atoms with Crippen LogP contribution in [-0.2, 0) is 11.2 Å². The van der Waals surface area contributed by atoms with Crippen LogP contribution in [0.5, 0.6) is 0 Å². The maximum atomic E-state index is 11.7. The second kappa shape index (κ2) is 6.03. The average molecular weight is 276 g/mol. The molecule has 1 aromatic heterocycles. The minimum absolute atomic E-state index is 0.127. The van der Waals surface area contributed by atoms with Gasteiger partial charge in [0.15, 0.2) is 5.78 Å². The molecule has 20 heavy (non-hydrogen) atoms. The molecule has 0 radical (unpaired) electrons. The second-order valence-electron chi connectivity index (χ2n) is 5.63. The first-order valence-electron chi connectivity index (χ1n) is 7.00. The van der Waals surface area contributed by atoms with E-state index in [1.165, 1.54) is 0 Å². The lowest BCUT2D eigenvalue weighted by Crippen LogP contribution is -2.31. The van der Waals surface area contributed by atoms with Crippen molar-refractivity contribution in [2.24, 2.45) is 5.92 Å². The smallest absolute Gasteiger partial charge is 0.326 e. The van der Waals surface area contributed by atoms with Gasteiger partial charge in [-0.25, -0.2) is 9.78 Å². The SMILES string of the molecule is CC(C)CC(Nc1ccc2c(n1)CCCC2=O)C(=O)O. The number of carbonyl (C=O) groups excluding carboxylic acids is 1. The molecule has 1 heterocycles. The van der Waals surface area contributed by atoms with E-state index in [0.29, 0.717) is 24.2 Å². The number of carboxylic acids is 1. The largest absolute Gasteiger partial charge is 0.480 e. The van der Waals surface area contributed by atoms with Gasteiger partial charge in [-0.3, -0.25) is 4.79 Å². The highest BCUT2D eigenvalue weighted by molar-refractivity contribution is 5.98. The maximum absolute atomic E-state index is 11.7. The summed E-state index contributed by atoms with van der Waals surface area (Å²) in [5, 5.41) is 12.2. The van der Waals surface area contributed by atoms with Crippen molar-refractivity contribution in [3.8, 4) is 0 Å². The van der Waals surface area contributed by atoms with E-state index < -0.39 is 12.0 Å². The highest BCUT2D eigenvalue weighted by atomic mass is 16.4. The Balaban J connectivity index is 2.16. The van der Waals surface area contributed by atoms with Crippen LogP contribution in [-0.4, -0.2) is 27.9 Å². The van der Waals surface area contributed by atoms with Crippen LogP contribution < -0.4 is 5.32 Å². The number of Topliss-reactive ketones (excluding diaryl/α,β-unsaturated/α-hetero) is 1. The summed E-state index contributed by atoms with van der Waals surface area (Å²) in [6.45, 7) is 3.97. The Morgan fingerprint density at radius 3 is 2.80 bits per heavy atom. The van der Waals surface area contributed by atoms with E-state index in [0.717, 1.165) is 18.5 Å². The zero-order valence-corrected chi connectivity index (χ0v) is 11.8. The van der Waals surface area contributed by atoms with E-state index in [-0.39, 0.29) is 11.7 Å². The molecule has 0 fully saturated rings. The number of nitrogens with zero attached hydrogens (tertiary/aromatic N) is 1. The fraction of sp³-hybridized carbons (Fsp3) is 0.533. The van der Waals surface area contributed by atoms with Gasteiger partial charge in [-0.15, -0.1) is 0 Å². The number of aliphatic carboxylic acids is 1. The van der Waals surface area contributed by atoms with E-state index in [2.05, 4.69) is 10.3 Å². The third-order valence-corrected chi connectivity index (χ3v) is 3.42. The van der Waals surface area contributed by atoms with Gasteiger partial charge in [-0.2, -0.15) is 0 Å². The van der Waals surface area contributed by atoms with Crippen LogP contribution in [0.3, 0.4) is 0 Å². The summed E-state index contributed by atoms with van der Waals surface area (Å²) in [6.07, 6.45) is 2.70. The number of hydrogen-bond donors (Lipinski definition) is 2. The predicted octanol–water partition coefficient (Wildman–Crippen LogP) is 2.51. The second-order valence-corrected chi connectivity index (χ2v) is 5.63. The molecule has 1 atom stereocenters. The van der Waals surface area contributed by atoms with E-state index in [9.17, 15) is 14.7 Å². The third kappa shape index (κ3) is 3.35. The Hall–Kier alpha value is -1.91. The van der Waals surface area contributed by atoms with Gasteiger partial charge in [0.2, 0.25) is 0 Å². The highest BCUT2D eigenvalue weighted by Crippen LogP contribution is 2.22. The number of carbonyl (C=O) groups is 2. The Morgan fingerprint density at radius 2 is 2.15 bits per heavy atom. The summed E-state index contributed by atoms with van der Waals surface area (Å²) in [6, 6.07) is 2.79. The molecule has 0 saturated heterocycles. The number of nitrogens with one attached hydrogen (secondary N) is 1. The topological polar surface area (TPSA) is 79.3 Å². The van der Waals surface area contributed by atoms with Gasteiger partial charge in [-0.05, 0) is 37.3 Å². The normalized spacial score (nSPS) is 15.8. The minimum atomic E-state index is -0.880. The third-order valence-electron chi connectivity index (χ3n) is 3.42. The molecule has 2 N–H and O–H groups in total. The standard InChI is InChI=1S/C15H20N2O3/c1-9(2)8-12(15(19)20)17-14-7-6-10-11(16-14)4-3-5-13(10)18/h6-7,9,12H,3-5,8H2,1-2H3,(H,16,17)(H,19,20). The molecule has 5 heteroatoms. The molecule has 2 rings (SSSR count). The molecule has 0 aromatic carbocycles. The number of ketones is 1. The summed E-state index contributed by atoms with van der Waals surface area (Å²) in [4.78, 5) is 27.4. The van der Waals surface area contributed by atoms with Crippen LogP contribution in [0.25, 0.3) is 0 Å². The lowest BCUT2D eigenvalue weighted by molar-refractivity contribution is -0.138. The number of hydrogen-bond acceptors (Lipinski definition) is 4. The van der Waals surface area contributed by atoms with Gasteiger partial charge < -0.3 is 10.4 Å². The zero-order valence-electron chi connectivity index (χ0n) is 11.8. The summed E-state index contributed by atoms with van der Waals surface area (Å²) in [7, 11) is 0. The Kier molecular flexibility index (Phi) is 4.37. The summed E-state index contributed by atoms with van der Waals surface area (Å²) < 4.78 is 0. The van der Waals surface area contributed by atoms with E-state index in [1.807, 2.05) is 13.8 Å². The van der Waals surface area contributed by atoms with Crippen molar-refractivity contribution in [2.75, 3.05) is 5.32 Å². The van der Waals surface area contributed by atoms with Crippen molar-refractivity contribution < 1.29 is 14.7 Å². The molecule has 1 aliphatic rings.